The van der Waals surface area contributed by atoms with E-state index in [9.17, 15) is 4.79 Å². The van der Waals surface area contributed by atoms with Crippen molar-refractivity contribution >= 4 is 5.91 Å². The van der Waals surface area contributed by atoms with Crippen LogP contribution in [-0.4, -0.2) is 57.9 Å². The van der Waals surface area contributed by atoms with Crippen LogP contribution in [0, 0.1) is 5.92 Å². The summed E-state index contributed by atoms with van der Waals surface area (Å²) in [6.07, 6.45) is 8.23. The van der Waals surface area contributed by atoms with Crippen molar-refractivity contribution in [2.45, 2.75) is 32.7 Å². The molecule has 2 atom stereocenters. The summed E-state index contributed by atoms with van der Waals surface area (Å²) >= 11 is 0. The van der Waals surface area contributed by atoms with E-state index < -0.39 is 0 Å². The van der Waals surface area contributed by atoms with E-state index in [0.29, 0.717) is 12.0 Å². The third-order valence-corrected chi connectivity index (χ3v) is 5.76. The molecule has 1 aromatic heterocycles. The molecule has 1 amide bonds. The normalized spacial score (nSPS) is 22.5. The highest BCUT2D eigenvalue weighted by Crippen LogP contribution is 2.30. The van der Waals surface area contributed by atoms with Crippen molar-refractivity contribution < 1.29 is 4.79 Å². The lowest BCUT2D eigenvalue weighted by atomic mass is 9.95. The van der Waals surface area contributed by atoms with Crippen LogP contribution in [-0.2, 0) is 0 Å². The zero-order chi connectivity index (χ0) is 18.8. The maximum atomic E-state index is 13.4. The van der Waals surface area contributed by atoms with Gasteiger partial charge in [0.2, 0.25) is 0 Å². The zero-order valence-electron chi connectivity index (χ0n) is 16.2. The number of allylic oxidation sites excluding steroid dienone is 1. The average Bonchev–Trinajstić information content (AvgIpc) is 3.06. The topological polar surface area (TPSA) is 52.2 Å². The van der Waals surface area contributed by atoms with Crippen LogP contribution in [0.4, 0.5) is 0 Å². The van der Waals surface area contributed by atoms with Crippen molar-refractivity contribution in [3.8, 4) is 11.4 Å². The number of carbonyl (C=O) groups excluding carboxylic acids is 1. The Labute approximate surface area is 161 Å². The second-order valence-electron chi connectivity index (χ2n) is 8.03. The van der Waals surface area contributed by atoms with Gasteiger partial charge in [0.15, 0.2) is 0 Å². The van der Waals surface area contributed by atoms with Gasteiger partial charge in [-0.15, -0.1) is 0 Å². The van der Waals surface area contributed by atoms with Crippen molar-refractivity contribution in [1.29, 1.82) is 0 Å². The second-order valence-corrected chi connectivity index (χ2v) is 8.03. The summed E-state index contributed by atoms with van der Waals surface area (Å²) in [7, 11) is 0. The number of fused-ring (bicyclic) bond motifs is 4. The lowest BCUT2D eigenvalue weighted by Gasteiger charge is -2.35. The summed E-state index contributed by atoms with van der Waals surface area (Å²) in [5.41, 5.74) is 2.98. The summed E-state index contributed by atoms with van der Waals surface area (Å²) in [6, 6.07) is 8.25. The Morgan fingerprint density at radius 2 is 2.07 bits per heavy atom. The number of imidazole rings is 1. The molecule has 4 heterocycles. The summed E-state index contributed by atoms with van der Waals surface area (Å²) in [5.74, 6) is 1.44. The van der Waals surface area contributed by atoms with E-state index in [1.807, 2.05) is 24.3 Å². The van der Waals surface area contributed by atoms with E-state index in [0.717, 1.165) is 43.1 Å². The van der Waals surface area contributed by atoms with Crippen molar-refractivity contribution in [3.63, 3.8) is 0 Å². The van der Waals surface area contributed by atoms with Crippen LogP contribution in [0.1, 0.15) is 37.0 Å². The SMILES string of the molecule is CC(C)=CCN1C[C@@H]2CC[C@H]1CN(C(=O)c1ccccc1-c1ncc[nH]1)C2. The van der Waals surface area contributed by atoms with Crippen LogP contribution in [0.15, 0.2) is 48.3 Å². The molecule has 5 rings (SSSR count). The monoisotopic (exact) mass is 364 g/mol. The number of amides is 1. The number of rotatable bonds is 4. The number of hydrogen-bond donors (Lipinski definition) is 1. The molecular formula is C22H28N4O. The Morgan fingerprint density at radius 1 is 1.22 bits per heavy atom. The van der Waals surface area contributed by atoms with Crippen LogP contribution in [0.3, 0.4) is 0 Å². The fourth-order valence-corrected chi connectivity index (χ4v) is 4.33. The minimum absolute atomic E-state index is 0.128. The molecule has 0 radical (unpaired) electrons. The predicted molar refractivity (Wildman–Crippen MR) is 107 cm³/mol. The number of benzene rings is 1. The van der Waals surface area contributed by atoms with Crippen LogP contribution in [0.2, 0.25) is 0 Å². The molecule has 0 saturated carbocycles. The van der Waals surface area contributed by atoms with Gasteiger partial charge in [0.1, 0.15) is 5.82 Å². The molecule has 5 nitrogen and oxygen atoms in total. The Morgan fingerprint density at radius 3 is 2.85 bits per heavy atom. The molecular weight excluding hydrogens is 336 g/mol. The summed E-state index contributed by atoms with van der Waals surface area (Å²) in [6.45, 7) is 8.06. The predicted octanol–water partition coefficient (Wildman–Crippen LogP) is 3.58. The molecule has 3 saturated heterocycles. The van der Waals surface area contributed by atoms with Crippen molar-refractivity contribution in [2.75, 3.05) is 26.2 Å². The first-order valence-corrected chi connectivity index (χ1v) is 9.87. The average molecular weight is 364 g/mol. The molecule has 142 valence electrons. The molecule has 1 N–H and O–H groups in total. The van der Waals surface area contributed by atoms with Crippen molar-refractivity contribution in [1.82, 2.24) is 19.8 Å². The number of H-pyrrole nitrogens is 1. The molecule has 3 aliphatic rings. The Kier molecular flexibility index (Phi) is 5.12. The van der Waals surface area contributed by atoms with Gasteiger partial charge in [0, 0.05) is 50.2 Å². The second kappa shape index (κ2) is 7.69. The number of nitrogens with one attached hydrogen (secondary N) is 1. The van der Waals surface area contributed by atoms with Crippen LogP contribution in [0.5, 0.6) is 0 Å². The molecule has 3 aliphatic heterocycles. The molecule has 0 unspecified atom stereocenters. The molecule has 27 heavy (non-hydrogen) atoms. The number of nitrogens with zero attached hydrogens (tertiary/aromatic N) is 3. The van der Waals surface area contributed by atoms with E-state index in [1.165, 1.54) is 18.4 Å². The number of hydrogen-bond acceptors (Lipinski definition) is 3. The van der Waals surface area contributed by atoms with Crippen LogP contribution >= 0.6 is 0 Å². The van der Waals surface area contributed by atoms with Gasteiger partial charge < -0.3 is 9.88 Å². The first-order valence-electron chi connectivity index (χ1n) is 9.87. The van der Waals surface area contributed by atoms with Gasteiger partial charge in [-0.1, -0.05) is 29.8 Å². The standard InChI is InChI=1S/C22H28N4O/c1-16(2)9-12-25-13-17-7-8-18(25)15-26(14-17)22(27)20-6-4-3-5-19(20)21-23-10-11-24-21/h3-6,9-11,17-18H,7-8,12-15H2,1-2H3,(H,23,24)/t17-,18-/m0/s1. The first-order chi connectivity index (χ1) is 13.1. The number of piperidine rings is 1. The number of carbonyl (C=O) groups is 1. The molecule has 0 aliphatic carbocycles. The molecule has 3 fully saturated rings. The van der Waals surface area contributed by atoms with E-state index in [1.54, 1.807) is 12.4 Å². The molecule has 2 aromatic rings. The Bertz CT molecular complexity index is 823. The fourth-order valence-electron chi connectivity index (χ4n) is 4.33. The fraction of sp³-hybridized carbons (Fsp3) is 0.455. The van der Waals surface area contributed by atoms with E-state index >= 15 is 0 Å². The minimum Gasteiger partial charge on any atom is -0.345 e. The molecule has 1 aromatic carbocycles. The van der Waals surface area contributed by atoms with Crippen molar-refractivity contribution in [2.24, 2.45) is 5.92 Å². The number of aromatic nitrogens is 2. The van der Waals surface area contributed by atoms with Gasteiger partial charge in [-0.2, -0.15) is 0 Å². The largest absolute Gasteiger partial charge is 0.345 e. The van der Waals surface area contributed by atoms with E-state index in [-0.39, 0.29) is 5.91 Å². The highest BCUT2D eigenvalue weighted by Gasteiger charge is 2.36. The maximum Gasteiger partial charge on any atom is 0.254 e. The Hall–Kier alpha value is -2.40. The highest BCUT2D eigenvalue weighted by atomic mass is 16.2. The maximum absolute atomic E-state index is 13.4. The quantitative estimate of drug-likeness (QED) is 0.844. The van der Waals surface area contributed by atoms with E-state index in [2.05, 4.69) is 39.7 Å². The molecule has 2 bridgehead atoms. The molecule has 5 heteroatoms. The third kappa shape index (κ3) is 3.83. The van der Waals surface area contributed by atoms with Crippen LogP contribution in [0.25, 0.3) is 11.4 Å². The van der Waals surface area contributed by atoms with Crippen molar-refractivity contribution in [3.05, 3.63) is 53.9 Å². The number of aromatic amines is 1. The van der Waals surface area contributed by atoms with Gasteiger partial charge >= 0.3 is 0 Å². The van der Waals surface area contributed by atoms with Gasteiger partial charge in [0.05, 0.1) is 5.56 Å². The summed E-state index contributed by atoms with van der Waals surface area (Å²) in [4.78, 5) is 25.5. The minimum atomic E-state index is 0.128. The zero-order valence-corrected chi connectivity index (χ0v) is 16.2. The summed E-state index contributed by atoms with van der Waals surface area (Å²) in [5, 5.41) is 0. The first kappa shape index (κ1) is 18.0. The van der Waals surface area contributed by atoms with Gasteiger partial charge in [-0.05, 0) is 38.7 Å². The summed E-state index contributed by atoms with van der Waals surface area (Å²) < 4.78 is 0. The van der Waals surface area contributed by atoms with Gasteiger partial charge in [-0.3, -0.25) is 9.69 Å². The smallest absolute Gasteiger partial charge is 0.254 e. The lowest BCUT2D eigenvalue weighted by Crippen LogP contribution is -2.44. The van der Waals surface area contributed by atoms with Crippen LogP contribution < -0.4 is 0 Å². The highest BCUT2D eigenvalue weighted by molar-refractivity contribution is 6.00. The van der Waals surface area contributed by atoms with Gasteiger partial charge in [-0.25, -0.2) is 4.98 Å². The molecule has 0 spiro atoms. The van der Waals surface area contributed by atoms with E-state index in [4.69, 9.17) is 0 Å². The lowest BCUT2D eigenvalue weighted by molar-refractivity contribution is 0.0741. The third-order valence-electron chi connectivity index (χ3n) is 5.76. The van der Waals surface area contributed by atoms with Gasteiger partial charge in [0.25, 0.3) is 5.91 Å². The Balaban J connectivity index is 1.57.